The Morgan fingerprint density at radius 2 is 1.81 bits per heavy atom. The number of halogens is 1. The zero-order chi connectivity index (χ0) is 14.2. The van der Waals surface area contributed by atoms with Crippen LogP contribution in [0, 0.1) is 0 Å². The van der Waals surface area contributed by atoms with Crippen molar-refractivity contribution < 1.29 is 14.2 Å². The van der Waals surface area contributed by atoms with Crippen molar-refractivity contribution in [3.8, 4) is 17.2 Å². The Morgan fingerprint density at radius 3 is 2.76 bits per heavy atom. The van der Waals surface area contributed by atoms with Crippen molar-refractivity contribution in [2.75, 3.05) is 13.5 Å². The molecule has 0 aromatic heterocycles. The quantitative estimate of drug-likeness (QED) is 0.850. The van der Waals surface area contributed by atoms with Crippen LogP contribution in [0.5, 0.6) is 17.2 Å². The zero-order valence-corrected chi connectivity index (χ0v) is 12.1. The SMILES string of the molecule is Clc1ccc2c(c1)CN(Cc1ccc3c(c1)OCO3)CO2. The van der Waals surface area contributed by atoms with Gasteiger partial charge in [0.05, 0.1) is 0 Å². The molecule has 2 aliphatic heterocycles. The van der Waals surface area contributed by atoms with Crippen molar-refractivity contribution in [3.63, 3.8) is 0 Å². The van der Waals surface area contributed by atoms with Gasteiger partial charge < -0.3 is 14.2 Å². The monoisotopic (exact) mass is 303 g/mol. The molecule has 0 bridgehead atoms. The van der Waals surface area contributed by atoms with Gasteiger partial charge in [-0.2, -0.15) is 0 Å². The predicted octanol–water partition coefficient (Wildman–Crippen LogP) is 3.42. The van der Waals surface area contributed by atoms with E-state index in [1.165, 1.54) is 5.56 Å². The number of nitrogens with zero attached hydrogens (tertiary/aromatic N) is 1. The normalized spacial score (nSPS) is 16.4. The van der Waals surface area contributed by atoms with E-state index >= 15 is 0 Å². The first-order valence-corrected chi connectivity index (χ1v) is 7.18. The number of fused-ring (bicyclic) bond motifs is 2. The molecule has 108 valence electrons. The van der Waals surface area contributed by atoms with E-state index in [1.807, 2.05) is 30.3 Å². The lowest BCUT2D eigenvalue weighted by Gasteiger charge is -2.29. The highest BCUT2D eigenvalue weighted by molar-refractivity contribution is 6.30. The highest BCUT2D eigenvalue weighted by Gasteiger charge is 2.19. The maximum Gasteiger partial charge on any atom is 0.231 e. The molecule has 0 N–H and O–H groups in total. The lowest BCUT2D eigenvalue weighted by atomic mass is 10.1. The Hall–Kier alpha value is -1.91. The van der Waals surface area contributed by atoms with Crippen molar-refractivity contribution in [2.24, 2.45) is 0 Å². The number of ether oxygens (including phenoxy) is 3. The van der Waals surface area contributed by atoms with E-state index in [-0.39, 0.29) is 0 Å². The second kappa shape index (κ2) is 5.13. The molecule has 4 nitrogen and oxygen atoms in total. The van der Waals surface area contributed by atoms with Crippen LogP contribution in [0.4, 0.5) is 0 Å². The number of hydrogen-bond acceptors (Lipinski definition) is 4. The van der Waals surface area contributed by atoms with Crippen molar-refractivity contribution in [1.29, 1.82) is 0 Å². The van der Waals surface area contributed by atoms with Gasteiger partial charge in [0.1, 0.15) is 12.5 Å². The lowest BCUT2D eigenvalue weighted by molar-refractivity contribution is 0.0887. The van der Waals surface area contributed by atoms with Gasteiger partial charge in [0.2, 0.25) is 6.79 Å². The summed E-state index contributed by atoms with van der Waals surface area (Å²) in [6.45, 7) is 2.49. The molecule has 0 radical (unpaired) electrons. The number of benzene rings is 2. The van der Waals surface area contributed by atoms with Gasteiger partial charge in [-0.3, -0.25) is 4.90 Å². The highest BCUT2D eigenvalue weighted by Crippen LogP contribution is 2.33. The molecule has 0 unspecified atom stereocenters. The van der Waals surface area contributed by atoms with Crippen LogP contribution in [0.3, 0.4) is 0 Å². The largest absolute Gasteiger partial charge is 0.478 e. The summed E-state index contributed by atoms with van der Waals surface area (Å²) in [6.07, 6.45) is 0. The zero-order valence-electron chi connectivity index (χ0n) is 11.3. The summed E-state index contributed by atoms with van der Waals surface area (Å²) in [6, 6.07) is 11.8. The van der Waals surface area contributed by atoms with Crippen LogP contribution >= 0.6 is 11.6 Å². The molecule has 0 spiro atoms. The van der Waals surface area contributed by atoms with Gasteiger partial charge >= 0.3 is 0 Å². The fourth-order valence-corrected chi connectivity index (χ4v) is 2.85. The van der Waals surface area contributed by atoms with Crippen molar-refractivity contribution in [1.82, 2.24) is 4.90 Å². The van der Waals surface area contributed by atoms with Crippen LogP contribution < -0.4 is 14.2 Å². The topological polar surface area (TPSA) is 30.9 Å². The summed E-state index contributed by atoms with van der Waals surface area (Å²) in [5, 5.41) is 0.738. The Morgan fingerprint density at radius 1 is 0.952 bits per heavy atom. The van der Waals surface area contributed by atoms with Gasteiger partial charge in [-0.05, 0) is 35.9 Å². The van der Waals surface area contributed by atoms with Gasteiger partial charge in [0.25, 0.3) is 0 Å². The molecule has 0 saturated heterocycles. The minimum atomic E-state index is 0.303. The van der Waals surface area contributed by atoms with Gasteiger partial charge in [0.15, 0.2) is 11.5 Å². The average molecular weight is 304 g/mol. The summed E-state index contributed by atoms with van der Waals surface area (Å²) in [4.78, 5) is 2.22. The van der Waals surface area contributed by atoms with Crippen molar-refractivity contribution in [2.45, 2.75) is 13.1 Å². The molecule has 0 atom stereocenters. The van der Waals surface area contributed by atoms with Gasteiger partial charge in [-0.15, -0.1) is 0 Å². The third-order valence-corrected chi connectivity index (χ3v) is 3.90. The smallest absolute Gasteiger partial charge is 0.231 e. The van der Waals surface area contributed by atoms with E-state index in [0.717, 1.165) is 40.9 Å². The van der Waals surface area contributed by atoms with Crippen molar-refractivity contribution >= 4 is 11.6 Å². The second-order valence-electron chi connectivity index (χ2n) is 5.20. The molecular formula is C16H14ClNO3. The van der Waals surface area contributed by atoms with E-state index in [4.69, 9.17) is 25.8 Å². The van der Waals surface area contributed by atoms with Crippen LogP contribution in [-0.2, 0) is 13.1 Å². The minimum absolute atomic E-state index is 0.303. The molecule has 0 fully saturated rings. The molecule has 0 amide bonds. The highest BCUT2D eigenvalue weighted by atomic mass is 35.5. The molecule has 2 heterocycles. The molecule has 4 rings (SSSR count). The third kappa shape index (κ3) is 2.52. The Labute approximate surface area is 127 Å². The molecule has 5 heteroatoms. The molecule has 2 aromatic rings. The number of rotatable bonds is 2. The Kier molecular flexibility index (Phi) is 3.13. The maximum absolute atomic E-state index is 6.04. The molecular weight excluding hydrogens is 290 g/mol. The summed E-state index contributed by atoms with van der Waals surface area (Å²) < 4.78 is 16.5. The Bertz CT molecular complexity index is 689. The third-order valence-electron chi connectivity index (χ3n) is 3.66. The van der Waals surface area contributed by atoms with E-state index in [2.05, 4.69) is 11.0 Å². The fraction of sp³-hybridized carbons (Fsp3) is 0.250. The summed E-state index contributed by atoms with van der Waals surface area (Å²) >= 11 is 6.04. The molecule has 0 aliphatic carbocycles. The summed E-state index contributed by atoms with van der Waals surface area (Å²) in [5.74, 6) is 2.54. The summed E-state index contributed by atoms with van der Waals surface area (Å²) in [5.41, 5.74) is 2.29. The average Bonchev–Trinajstić information content (AvgIpc) is 2.94. The van der Waals surface area contributed by atoms with E-state index in [1.54, 1.807) is 0 Å². The minimum Gasteiger partial charge on any atom is -0.478 e. The van der Waals surface area contributed by atoms with E-state index < -0.39 is 0 Å². The van der Waals surface area contributed by atoms with Crippen LogP contribution in [0.25, 0.3) is 0 Å². The van der Waals surface area contributed by atoms with Gasteiger partial charge in [-0.25, -0.2) is 0 Å². The van der Waals surface area contributed by atoms with Gasteiger partial charge in [-0.1, -0.05) is 17.7 Å². The van der Waals surface area contributed by atoms with E-state index in [9.17, 15) is 0 Å². The first-order valence-electron chi connectivity index (χ1n) is 6.80. The summed E-state index contributed by atoms with van der Waals surface area (Å²) in [7, 11) is 0. The van der Waals surface area contributed by atoms with Crippen molar-refractivity contribution in [3.05, 3.63) is 52.5 Å². The lowest BCUT2D eigenvalue weighted by Crippen LogP contribution is -2.31. The van der Waals surface area contributed by atoms with Crippen LogP contribution in [0.1, 0.15) is 11.1 Å². The van der Waals surface area contributed by atoms with Gasteiger partial charge in [0, 0.05) is 23.7 Å². The van der Waals surface area contributed by atoms with E-state index in [0.29, 0.717) is 13.5 Å². The number of hydrogen-bond donors (Lipinski definition) is 0. The predicted molar refractivity (Wildman–Crippen MR) is 78.8 cm³/mol. The second-order valence-corrected chi connectivity index (χ2v) is 5.64. The van der Waals surface area contributed by atoms with Crippen LogP contribution in [0.15, 0.2) is 36.4 Å². The standard InChI is InChI=1S/C16H14ClNO3/c17-13-2-4-14-12(6-13)8-18(9-19-14)7-11-1-3-15-16(5-11)21-10-20-15/h1-6H,7-10H2. The van der Waals surface area contributed by atoms with Crippen LogP contribution in [-0.4, -0.2) is 18.4 Å². The molecule has 0 saturated carbocycles. The molecule has 2 aromatic carbocycles. The van der Waals surface area contributed by atoms with Crippen LogP contribution in [0.2, 0.25) is 5.02 Å². The fourth-order valence-electron chi connectivity index (χ4n) is 2.66. The maximum atomic E-state index is 6.04. The first kappa shape index (κ1) is 12.8. The Balaban J connectivity index is 1.51. The first-order chi connectivity index (χ1) is 10.3. The molecule has 2 aliphatic rings. The molecule has 21 heavy (non-hydrogen) atoms.